The minimum atomic E-state index is 0.767. The molecule has 0 atom stereocenters. The van der Waals surface area contributed by atoms with Crippen molar-refractivity contribution in [3.63, 3.8) is 0 Å². The van der Waals surface area contributed by atoms with E-state index in [9.17, 15) is 0 Å². The second-order valence-electron chi connectivity index (χ2n) is 11.1. The molecule has 0 spiro atoms. The maximum atomic E-state index is 7.26. The highest BCUT2D eigenvalue weighted by atomic mass is 35.5. The van der Waals surface area contributed by atoms with Crippen molar-refractivity contribution in [2.45, 2.75) is 0 Å². The van der Waals surface area contributed by atoms with Crippen LogP contribution in [0.3, 0.4) is 0 Å². The van der Waals surface area contributed by atoms with Crippen molar-refractivity contribution in [3.8, 4) is 44.5 Å². The molecule has 0 fully saturated rings. The van der Waals surface area contributed by atoms with Crippen LogP contribution >= 0.6 is 23.2 Å². The van der Waals surface area contributed by atoms with Crippen molar-refractivity contribution in [2.75, 3.05) is 0 Å². The molecule has 0 heterocycles. The maximum Gasteiger partial charge on any atom is 0.0569 e. The third kappa shape index (κ3) is 2.46. The first-order valence-electron chi connectivity index (χ1n) is 13.6. The normalized spacial score (nSPS) is 12.8. The van der Waals surface area contributed by atoms with E-state index in [0.29, 0.717) is 0 Å². The maximum absolute atomic E-state index is 7.26. The number of fused-ring (bicyclic) bond motifs is 11. The van der Waals surface area contributed by atoms with E-state index in [1.807, 2.05) is 0 Å². The molecule has 2 aliphatic rings. The predicted molar refractivity (Wildman–Crippen MR) is 173 cm³/mol. The van der Waals surface area contributed by atoms with E-state index in [1.165, 1.54) is 71.3 Å². The van der Waals surface area contributed by atoms with Gasteiger partial charge in [0, 0.05) is 21.4 Å². The lowest BCUT2D eigenvalue weighted by molar-refractivity contribution is 1.74. The van der Waals surface area contributed by atoms with Crippen LogP contribution in [-0.4, -0.2) is 0 Å². The van der Waals surface area contributed by atoms with Gasteiger partial charge in [-0.25, -0.2) is 0 Å². The van der Waals surface area contributed by atoms with Crippen molar-refractivity contribution in [2.24, 2.45) is 0 Å². The molecular weight excluding hydrogens is 527 g/mol. The molecule has 0 N–H and O–H groups in total. The van der Waals surface area contributed by atoms with Gasteiger partial charge in [0.25, 0.3) is 0 Å². The van der Waals surface area contributed by atoms with Crippen molar-refractivity contribution in [1.82, 2.24) is 0 Å². The van der Waals surface area contributed by atoms with Crippen molar-refractivity contribution in [3.05, 3.63) is 119 Å². The summed E-state index contributed by atoms with van der Waals surface area (Å²) in [5.41, 5.74) is 9.92. The van der Waals surface area contributed by atoms with Gasteiger partial charge in [0.15, 0.2) is 0 Å². The Morgan fingerprint density at radius 2 is 0.825 bits per heavy atom. The van der Waals surface area contributed by atoms with E-state index in [4.69, 9.17) is 23.2 Å². The molecule has 0 amide bonds. The summed E-state index contributed by atoms with van der Waals surface area (Å²) in [6, 6.07) is 39.8. The van der Waals surface area contributed by atoms with Crippen LogP contribution < -0.4 is 0 Å². The second-order valence-corrected chi connectivity index (χ2v) is 11.9. The zero-order chi connectivity index (χ0) is 26.3. The minimum Gasteiger partial charge on any atom is -0.0836 e. The molecule has 0 aliphatic heterocycles. The van der Waals surface area contributed by atoms with E-state index < -0.39 is 0 Å². The summed E-state index contributed by atoms with van der Waals surface area (Å²) in [4.78, 5) is 0. The van der Waals surface area contributed by atoms with Gasteiger partial charge >= 0.3 is 0 Å². The van der Waals surface area contributed by atoms with Gasteiger partial charge in [0.2, 0.25) is 0 Å². The molecule has 8 aromatic rings. The summed E-state index contributed by atoms with van der Waals surface area (Å²) < 4.78 is 0. The molecule has 0 radical (unpaired) electrons. The number of hydrogen-bond donors (Lipinski definition) is 0. The van der Waals surface area contributed by atoms with E-state index in [2.05, 4.69) is 109 Å². The van der Waals surface area contributed by atoms with Crippen molar-refractivity contribution >= 4 is 77.1 Å². The van der Waals surface area contributed by atoms with Crippen molar-refractivity contribution < 1.29 is 0 Å². The van der Waals surface area contributed by atoms with E-state index in [-0.39, 0.29) is 0 Å². The highest BCUT2D eigenvalue weighted by Crippen LogP contribution is 2.54. The molecule has 0 unspecified atom stereocenters. The lowest BCUT2D eigenvalue weighted by Crippen LogP contribution is -1.88. The molecule has 8 aromatic carbocycles. The first-order valence-corrected chi connectivity index (χ1v) is 14.3. The van der Waals surface area contributed by atoms with E-state index in [1.54, 1.807) is 0 Å². The zero-order valence-corrected chi connectivity index (χ0v) is 22.7. The predicted octanol–water partition coefficient (Wildman–Crippen LogP) is 12.1. The average Bonchev–Trinajstić information content (AvgIpc) is 3.48. The monoisotopic (exact) mass is 544 g/mol. The van der Waals surface area contributed by atoms with Crippen LogP contribution in [-0.2, 0) is 0 Å². The van der Waals surface area contributed by atoms with Gasteiger partial charge in [-0.3, -0.25) is 0 Å². The Bertz CT molecular complexity index is 2490. The van der Waals surface area contributed by atoms with Gasteiger partial charge in [0.1, 0.15) is 0 Å². The van der Waals surface area contributed by atoms with Crippen LogP contribution in [0.15, 0.2) is 109 Å². The molecule has 0 bridgehead atoms. The Labute approximate surface area is 240 Å². The molecule has 0 aromatic heterocycles. The third-order valence-corrected chi connectivity index (χ3v) is 9.93. The molecule has 2 aliphatic carbocycles. The van der Waals surface area contributed by atoms with Crippen molar-refractivity contribution in [1.29, 1.82) is 0 Å². The summed E-state index contributed by atoms with van der Waals surface area (Å²) in [6.45, 7) is 0. The highest BCUT2D eigenvalue weighted by molar-refractivity contribution is 6.43. The summed E-state index contributed by atoms with van der Waals surface area (Å²) in [7, 11) is 0. The topological polar surface area (TPSA) is 0 Å². The van der Waals surface area contributed by atoms with E-state index >= 15 is 0 Å². The Balaban J connectivity index is 1.33. The highest BCUT2D eigenvalue weighted by Gasteiger charge is 2.27. The fraction of sp³-hybridized carbons (Fsp3) is 0. The Hall–Kier alpha value is -4.36. The van der Waals surface area contributed by atoms with Gasteiger partial charge in [-0.15, -0.1) is 0 Å². The number of hydrogen-bond acceptors (Lipinski definition) is 0. The summed E-state index contributed by atoms with van der Waals surface area (Å²) in [6.07, 6.45) is 0. The number of rotatable bonds is 0. The smallest absolute Gasteiger partial charge is 0.0569 e. The Morgan fingerprint density at radius 3 is 1.50 bits per heavy atom. The molecular formula is C38H18Cl2. The number of halogens is 2. The molecule has 0 saturated carbocycles. The van der Waals surface area contributed by atoms with Gasteiger partial charge in [-0.1, -0.05) is 108 Å². The van der Waals surface area contributed by atoms with Gasteiger partial charge in [-0.05, 0) is 106 Å². The first kappa shape index (κ1) is 21.5. The molecule has 0 nitrogen and oxygen atoms in total. The van der Waals surface area contributed by atoms with Crippen LogP contribution in [0.4, 0.5) is 0 Å². The van der Waals surface area contributed by atoms with Gasteiger partial charge in [0.05, 0.1) is 5.02 Å². The molecule has 10 rings (SSSR count). The van der Waals surface area contributed by atoms with Crippen LogP contribution in [0.25, 0.3) is 98.4 Å². The molecule has 0 saturated heterocycles. The first-order chi connectivity index (χ1) is 19.7. The Kier molecular flexibility index (Phi) is 3.88. The van der Waals surface area contributed by atoms with Crippen LogP contribution in [0.1, 0.15) is 0 Å². The zero-order valence-electron chi connectivity index (χ0n) is 21.1. The molecule has 2 heteroatoms. The quantitative estimate of drug-likeness (QED) is 0.166. The lowest BCUT2D eigenvalue weighted by atomic mass is 9.91. The summed E-state index contributed by atoms with van der Waals surface area (Å²) in [5, 5.41) is 13.5. The second kappa shape index (κ2) is 7.23. The van der Waals surface area contributed by atoms with Gasteiger partial charge < -0.3 is 0 Å². The summed E-state index contributed by atoms with van der Waals surface area (Å²) in [5.74, 6) is 0. The fourth-order valence-electron chi connectivity index (χ4n) is 7.55. The standard InChI is InChI=1S/C38H18Cl2/c39-34-18-31-21(27-15-28-22-9-1-5-19-6-2-10-23(35(19)22)29(28)16-32(27)34)13-14-25-30(31)17-33-24-11-3-7-20-8-4-12-26(36(20)24)37(33)38(25)40/h1-18H. The van der Waals surface area contributed by atoms with Crippen LogP contribution in [0.2, 0.25) is 10.0 Å². The van der Waals surface area contributed by atoms with E-state index in [0.717, 1.165) is 37.2 Å². The van der Waals surface area contributed by atoms with Gasteiger partial charge in [-0.2, -0.15) is 0 Å². The molecule has 184 valence electrons. The SMILES string of the molecule is Clc1cc2c3cc4c(c(Cl)c3ccc2c2cc3c(cc12)-c1cccc2cccc-3c12)-c1cccc2cccc-4c12. The van der Waals surface area contributed by atoms with Crippen LogP contribution in [0.5, 0.6) is 0 Å². The lowest BCUT2D eigenvalue weighted by Gasteiger charge is -2.15. The van der Waals surface area contributed by atoms with Crippen LogP contribution in [0, 0.1) is 0 Å². The largest absolute Gasteiger partial charge is 0.0836 e. The average molecular weight is 545 g/mol. The minimum absolute atomic E-state index is 0.767. The molecule has 40 heavy (non-hydrogen) atoms. The number of benzene rings is 8. The fourth-order valence-corrected chi connectivity index (χ4v) is 8.19. The summed E-state index contributed by atoms with van der Waals surface area (Å²) >= 11 is 14.4. The third-order valence-electron chi connectivity index (χ3n) is 9.23. The Morgan fingerprint density at radius 1 is 0.350 bits per heavy atom.